The highest BCUT2D eigenvalue weighted by atomic mass is 127. The van der Waals surface area contributed by atoms with Crippen molar-refractivity contribution in [2.45, 2.75) is 13.1 Å². The quantitative estimate of drug-likeness (QED) is 0.207. The molecule has 0 aliphatic heterocycles. The minimum Gasteiger partial charge on any atom is -1.00 e. The van der Waals surface area contributed by atoms with Gasteiger partial charge in [0.15, 0.2) is 0 Å². The average molecular weight is 612 g/mol. The molecule has 170 valence electrons. The normalized spacial score (nSPS) is 11.1. The van der Waals surface area contributed by atoms with Gasteiger partial charge in [-0.3, -0.25) is 0 Å². The van der Waals surface area contributed by atoms with Gasteiger partial charge in [-0.25, -0.2) is 4.98 Å². The molecular formula is C29H24ClINPS. The maximum Gasteiger partial charge on any atom is 0.123 e. The summed E-state index contributed by atoms with van der Waals surface area (Å²) in [6.07, 6.45) is 0.947. The Balaban J connectivity index is 0.00000274. The zero-order valence-corrected chi connectivity index (χ0v) is 23.4. The zero-order chi connectivity index (χ0) is 22.7. The molecule has 5 rings (SSSR count). The second kappa shape index (κ2) is 11.1. The molecule has 0 amide bonds. The lowest BCUT2D eigenvalue weighted by Crippen LogP contribution is -3.00. The standard InChI is InChI=1S/C29H24ClNPS.HI/c1-22-28(33-29(31-22)23-17-19-24(30)20-18-23)21-32(25-11-5-2-6-12-25,26-13-7-3-8-14-26)27-15-9-4-10-16-27;/h2-20H,21H2,1H3;1H/q+1;/p-1. The molecule has 0 aliphatic rings. The molecule has 4 aromatic carbocycles. The van der Waals surface area contributed by atoms with Crippen molar-refractivity contribution in [3.05, 3.63) is 131 Å². The summed E-state index contributed by atoms with van der Waals surface area (Å²) in [7, 11) is -1.94. The molecule has 0 spiro atoms. The first-order valence-electron chi connectivity index (χ1n) is 10.9. The fourth-order valence-corrected chi connectivity index (χ4v) is 10.2. The van der Waals surface area contributed by atoms with Gasteiger partial charge < -0.3 is 24.0 Å². The minimum atomic E-state index is -1.94. The molecule has 0 N–H and O–H groups in total. The number of rotatable bonds is 6. The van der Waals surface area contributed by atoms with Gasteiger partial charge in [-0.15, -0.1) is 11.3 Å². The molecule has 5 aromatic rings. The second-order valence-corrected chi connectivity index (χ2v) is 13.0. The summed E-state index contributed by atoms with van der Waals surface area (Å²) in [4.78, 5) is 6.31. The van der Waals surface area contributed by atoms with E-state index in [4.69, 9.17) is 16.6 Å². The highest BCUT2D eigenvalue weighted by Crippen LogP contribution is 2.59. The molecule has 0 saturated carbocycles. The summed E-state index contributed by atoms with van der Waals surface area (Å²) >= 11 is 7.92. The van der Waals surface area contributed by atoms with Crippen molar-refractivity contribution in [2.75, 3.05) is 0 Å². The van der Waals surface area contributed by atoms with Crippen LogP contribution in [-0.4, -0.2) is 4.98 Å². The molecule has 1 heterocycles. The fourth-order valence-electron chi connectivity index (χ4n) is 4.27. The third-order valence-corrected chi connectivity index (χ3v) is 12.0. The highest BCUT2D eigenvalue weighted by Gasteiger charge is 2.46. The van der Waals surface area contributed by atoms with E-state index in [1.165, 1.54) is 20.8 Å². The van der Waals surface area contributed by atoms with E-state index in [-0.39, 0.29) is 24.0 Å². The molecule has 0 fully saturated rings. The fraction of sp³-hybridized carbons (Fsp3) is 0.0690. The van der Waals surface area contributed by atoms with Crippen molar-refractivity contribution in [3.63, 3.8) is 0 Å². The number of halogens is 2. The molecule has 0 aliphatic carbocycles. The van der Waals surface area contributed by atoms with Crippen LogP contribution in [0.15, 0.2) is 115 Å². The lowest BCUT2D eigenvalue weighted by molar-refractivity contribution is -0.00000634. The van der Waals surface area contributed by atoms with Crippen LogP contribution in [0.2, 0.25) is 5.02 Å². The van der Waals surface area contributed by atoms with Crippen LogP contribution in [0, 0.1) is 6.92 Å². The Kier molecular flexibility index (Phi) is 8.21. The van der Waals surface area contributed by atoms with Gasteiger partial charge in [-0.2, -0.15) is 0 Å². The van der Waals surface area contributed by atoms with Crippen LogP contribution in [-0.2, 0) is 6.16 Å². The molecule has 0 saturated heterocycles. The number of aryl methyl sites for hydroxylation is 1. The van der Waals surface area contributed by atoms with E-state index in [0.717, 1.165) is 27.4 Å². The summed E-state index contributed by atoms with van der Waals surface area (Å²) in [6, 6.07) is 41.0. The monoisotopic (exact) mass is 611 g/mol. The van der Waals surface area contributed by atoms with Crippen LogP contribution in [0.25, 0.3) is 10.6 Å². The minimum absolute atomic E-state index is 0. The van der Waals surface area contributed by atoms with Gasteiger partial charge in [0.1, 0.15) is 34.3 Å². The molecule has 0 unspecified atom stereocenters. The van der Waals surface area contributed by atoms with E-state index < -0.39 is 7.26 Å². The number of benzene rings is 4. The van der Waals surface area contributed by atoms with Crippen LogP contribution < -0.4 is 39.9 Å². The maximum absolute atomic E-state index is 6.11. The zero-order valence-electron chi connectivity index (χ0n) is 18.7. The molecule has 0 atom stereocenters. The topological polar surface area (TPSA) is 12.9 Å². The van der Waals surface area contributed by atoms with E-state index in [1.54, 1.807) is 11.3 Å². The SMILES string of the molecule is Cc1nc(-c2ccc(Cl)cc2)sc1C[P+](c1ccccc1)(c1ccccc1)c1ccccc1.[I-]. The van der Waals surface area contributed by atoms with Gasteiger partial charge in [0, 0.05) is 10.6 Å². The van der Waals surface area contributed by atoms with Crippen LogP contribution in [0.5, 0.6) is 0 Å². The van der Waals surface area contributed by atoms with Crippen molar-refractivity contribution < 1.29 is 24.0 Å². The highest BCUT2D eigenvalue weighted by molar-refractivity contribution is 7.95. The first-order valence-corrected chi connectivity index (χ1v) is 14.1. The largest absolute Gasteiger partial charge is 1.00 e. The smallest absolute Gasteiger partial charge is 0.123 e. The van der Waals surface area contributed by atoms with Gasteiger partial charge in [0.05, 0.1) is 10.6 Å². The lowest BCUT2D eigenvalue weighted by atomic mass is 10.2. The number of nitrogens with zero attached hydrogens (tertiary/aromatic N) is 1. The predicted molar refractivity (Wildman–Crippen MR) is 146 cm³/mol. The van der Waals surface area contributed by atoms with Gasteiger partial charge in [-0.1, -0.05) is 78.3 Å². The van der Waals surface area contributed by atoms with E-state index in [1.807, 2.05) is 12.1 Å². The Morgan fingerprint density at radius 3 is 1.56 bits per heavy atom. The lowest BCUT2D eigenvalue weighted by Gasteiger charge is -2.27. The molecule has 1 nitrogen and oxygen atoms in total. The third kappa shape index (κ3) is 4.99. The molecule has 5 heteroatoms. The summed E-state index contributed by atoms with van der Waals surface area (Å²) < 4.78 is 0. The van der Waals surface area contributed by atoms with Crippen LogP contribution in [0.1, 0.15) is 10.6 Å². The van der Waals surface area contributed by atoms with Gasteiger partial charge in [-0.05, 0) is 55.5 Å². The van der Waals surface area contributed by atoms with Gasteiger partial charge in [0.2, 0.25) is 0 Å². The molecular weight excluding hydrogens is 588 g/mol. The van der Waals surface area contributed by atoms with Crippen LogP contribution in [0.3, 0.4) is 0 Å². The Morgan fingerprint density at radius 1 is 0.676 bits per heavy atom. The molecule has 0 radical (unpaired) electrons. The number of thiazole rings is 1. The Morgan fingerprint density at radius 2 is 1.12 bits per heavy atom. The number of aromatic nitrogens is 1. The number of hydrogen-bond donors (Lipinski definition) is 0. The van der Waals surface area contributed by atoms with Crippen molar-refractivity contribution in [3.8, 4) is 10.6 Å². The molecule has 34 heavy (non-hydrogen) atoms. The van der Waals surface area contributed by atoms with E-state index >= 15 is 0 Å². The summed E-state index contributed by atoms with van der Waals surface area (Å²) in [6.45, 7) is 2.14. The average Bonchev–Trinajstić information content (AvgIpc) is 3.24. The summed E-state index contributed by atoms with van der Waals surface area (Å²) in [5.41, 5.74) is 2.22. The van der Waals surface area contributed by atoms with Crippen LogP contribution >= 0.6 is 30.2 Å². The van der Waals surface area contributed by atoms with E-state index in [2.05, 4.69) is 110 Å². The van der Waals surface area contributed by atoms with Crippen molar-refractivity contribution in [1.29, 1.82) is 0 Å². The first-order chi connectivity index (χ1) is 16.2. The summed E-state index contributed by atoms with van der Waals surface area (Å²) in [5.74, 6) is 0. The second-order valence-electron chi connectivity index (χ2n) is 8.01. The third-order valence-electron chi connectivity index (χ3n) is 5.96. The van der Waals surface area contributed by atoms with Gasteiger partial charge >= 0.3 is 0 Å². The predicted octanol–water partition coefficient (Wildman–Crippen LogP) is 4.27. The Hall–Kier alpha value is -2.04. The molecule has 0 bridgehead atoms. The van der Waals surface area contributed by atoms with Crippen molar-refractivity contribution >= 4 is 46.1 Å². The van der Waals surface area contributed by atoms with Crippen molar-refractivity contribution in [2.24, 2.45) is 0 Å². The van der Waals surface area contributed by atoms with Crippen LogP contribution in [0.4, 0.5) is 0 Å². The molecule has 1 aromatic heterocycles. The Labute approximate surface area is 228 Å². The maximum atomic E-state index is 6.11. The van der Waals surface area contributed by atoms with E-state index in [9.17, 15) is 0 Å². The first kappa shape index (κ1) is 25.1. The Bertz CT molecular complexity index is 1240. The van der Waals surface area contributed by atoms with Gasteiger partial charge in [0.25, 0.3) is 0 Å². The number of hydrogen-bond acceptors (Lipinski definition) is 2. The summed E-state index contributed by atoms with van der Waals surface area (Å²) in [5, 5.41) is 5.97. The van der Waals surface area contributed by atoms with Crippen molar-refractivity contribution in [1.82, 2.24) is 4.98 Å². The van der Waals surface area contributed by atoms with E-state index in [0.29, 0.717) is 0 Å².